The molecule has 0 bridgehead atoms. The van der Waals surface area contributed by atoms with Crippen LogP contribution in [0.5, 0.6) is 5.75 Å². The second-order valence-corrected chi connectivity index (χ2v) is 4.35. The van der Waals surface area contributed by atoms with Crippen LogP contribution < -0.4 is 4.74 Å². The molecule has 2 aromatic rings. The predicted octanol–water partition coefficient (Wildman–Crippen LogP) is 2.23. The normalized spacial score (nSPS) is 12.4. The fourth-order valence-electron chi connectivity index (χ4n) is 1.85. The first-order valence-electron chi connectivity index (χ1n) is 6.02. The van der Waals surface area contributed by atoms with Crippen LogP contribution in [0.3, 0.4) is 0 Å². The molecule has 0 fully saturated rings. The lowest BCUT2D eigenvalue weighted by Gasteiger charge is -2.12. The van der Waals surface area contributed by atoms with E-state index in [4.69, 9.17) is 4.74 Å². The highest BCUT2D eigenvalue weighted by Crippen LogP contribution is 2.17. The summed E-state index contributed by atoms with van der Waals surface area (Å²) in [4.78, 5) is 0. The summed E-state index contributed by atoms with van der Waals surface area (Å²) in [5.41, 5.74) is 1.97. The lowest BCUT2D eigenvalue weighted by molar-refractivity contribution is 0.133. The maximum Gasteiger partial charge on any atom is 0.119 e. The number of benzene rings is 1. The molecular weight excluding hydrogens is 228 g/mol. The van der Waals surface area contributed by atoms with Crippen LogP contribution in [0.15, 0.2) is 36.5 Å². The summed E-state index contributed by atoms with van der Waals surface area (Å²) in [5.74, 6) is 0.840. The maximum atomic E-state index is 9.98. The first-order valence-corrected chi connectivity index (χ1v) is 6.02. The van der Waals surface area contributed by atoms with E-state index in [9.17, 15) is 5.11 Å². The Morgan fingerprint density at radius 3 is 2.89 bits per heavy atom. The molecule has 1 unspecified atom stereocenters. The number of rotatable bonds is 5. The Labute approximate surface area is 107 Å². The van der Waals surface area contributed by atoms with Gasteiger partial charge < -0.3 is 9.84 Å². The van der Waals surface area contributed by atoms with Crippen molar-refractivity contribution in [1.29, 1.82) is 0 Å². The summed E-state index contributed by atoms with van der Waals surface area (Å²) in [6.45, 7) is 2.51. The van der Waals surface area contributed by atoms with Crippen LogP contribution in [0.25, 0.3) is 0 Å². The first-order chi connectivity index (χ1) is 8.66. The van der Waals surface area contributed by atoms with Gasteiger partial charge in [-0.2, -0.15) is 5.10 Å². The van der Waals surface area contributed by atoms with Gasteiger partial charge in [-0.15, -0.1) is 0 Å². The van der Waals surface area contributed by atoms with Gasteiger partial charge in [-0.05, 0) is 30.7 Å². The lowest BCUT2D eigenvalue weighted by atomic mass is 10.2. The summed E-state index contributed by atoms with van der Waals surface area (Å²) in [6.07, 6.45) is 1.69. The number of ether oxygens (including phenoxy) is 1. The topological polar surface area (TPSA) is 47.3 Å². The third-order valence-corrected chi connectivity index (χ3v) is 2.85. The molecule has 1 heterocycles. The summed E-state index contributed by atoms with van der Waals surface area (Å²) < 4.78 is 7.28. The highest BCUT2D eigenvalue weighted by Gasteiger charge is 2.11. The van der Waals surface area contributed by atoms with E-state index in [1.54, 1.807) is 10.9 Å². The molecular formula is C14H18N2O2. The highest BCUT2D eigenvalue weighted by molar-refractivity contribution is 5.27. The zero-order valence-electron chi connectivity index (χ0n) is 10.7. The molecule has 2 rings (SSSR count). The monoisotopic (exact) mass is 246 g/mol. The van der Waals surface area contributed by atoms with Gasteiger partial charge in [-0.3, -0.25) is 4.68 Å². The van der Waals surface area contributed by atoms with Gasteiger partial charge in [-0.1, -0.05) is 12.1 Å². The summed E-state index contributed by atoms with van der Waals surface area (Å²) in [5, 5.41) is 14.0. The van der Waals surface area contributed by atoms with Gasteiger partial charge in [0.1, 0.15) is 5.75 Å². The number of nitrogens with zero attached hydrogens (tertiary/aromatic N) is 2. The molecule has 0 aliphatic rings. The Kier molecular flexibility index (Phi) is 3.99. The SMILES string of the molecule is Cc1cccc(OCCC(O)c2ccnn2C)c1. The minimum atomic E-state index is -0.540. The number of aryl methyl sites for hydroxylation is 2. The summed E-state index contributed by atoms with van der Waals surface area (Å²) in [7, 11) is 1.82. The molecule has 0 saturated carbocycles. The Balaban J connectivity index is 1.84. The minimum absolute atomic E-state index is 0.482. The van der Waals surface area contributed by atoms with Gasteiger partial charge in [0.25, 0.3) is 0 Å². The predicted molar refractivity (Wildman–Crippen MR) is 69.5 cm³/mol. The Morgan fingerprint density at radius 2 is 2.22 bits per heavy atom. The summed E-state index contributed by atoms with van der Waals surface area (Å²) >= 11 is 0. The van der Waals surface area contributed by atoms with Crippen molar-refractivity contribution in [2.45, 2.75) is 19.4 Å². The third kappa shape index (κ3) is 3.11. The summed E-state index contributed by atoms with van der Waals surface area (Å²) in [6, 6.07) is 9.71. The fourth-order valence-corrected chi connectivity index (χ4v) is 1.85. The molecule has 1 aromatic heterocycles. The number of aromatic nitrogens is 2. The van der Waals surface area contributed by atoms with Crippen molar-refractivity contribution >= 4 is 0 Å². The van der Waals surface area contributed by atoms with Crippen molar-refractivity contribution in [2.75, 3.05) is 6.61 Å². The highest BCUT2D eigenvalue weighted by atomic mass is 16.5. The zero-order valence-corrected chi connectivity index (χ0v) is 10.7. The molecule has 0 aliphatic heterocycles. The van der Waals surface area contributed by atoms with Crippen molar-refractivity contribution in [3.63, 3.8) is 0 Å². The molecule has 1 N–H and O–H groups in total. The third-order valence-electron chi connectivity index (χ3n) is 2.85. The molecule has 0 aliphatic carbocycles. The lowest BCUT2D eigenvalue weighted by Crippen LogP contribution is -2.09. The Hall–Kier alpha value is -1.81. The van der Waals surface area contributed by atoms with E-state index in [1.807, 2.05) is 44.3 Å². The minimum Gasteiger partial charge on any atom is -0.493 e. The standard InChI is InChI=1S/C14H18N2O2/c1-11-4-3-5-12(10-11)18-9-7-14(17)13-6-8-15-16(13)2/h3-6,8,10,14,17H,7,9H2,1-2H3. The average Bonchev–Trinajstić information content (AvgIpc) is 2.75. The Bertz CT molecular complexity index is 508. The van der Waals surface area contributed by atoms with Gasteiger partial charge in [-0.25, -0.2) is 0 Å². The maximum absolute atomic E-state index is 9.98. The molecule has 96 valence electrons. The van der Waals surface area contributed by atoms with Crippen LogP contribution in [-0.4, -0.2) is 21.5 Å². The van der Waals surface area contributed by atoms with E-state index >= 15 is 0 Å². The van der Waals surface area contributed by atoms with Crippen LogP contribution in [0.2, 0.25) is 0 Å². The van der Waals surface area contributed by atoms with E-state index < -0.39 is 6.10 Å². The van der Waals surface area contributed by atoms with Crippen molar-refractivity contribution in [2.24, 2.45) is 7.05 Å². The van der Waals surface area contributed by atoms with Crippen LogP contribution in [0.4, 0.5) is 0 Å². The smallest absolute Gasteiger partial charge is 0.119 e. The number of aliphatic hydroxyl groups excluding tert-OH is 1. The molecule has 4 nitrogen and oxygen atoms in total. The van der Waals surface area contributed by atoms with Gasteiger partial charge >= 0.3 is 0 Å². The van der Waals surface area contributed by atoms with Gasteiger partial charge in [0.15, 0.2) is 0 Å². The van der Waals surface area contributed by atoms with Crippen LogP contribution in [0, 0.1) is 6.92 Å². The van der Waals surface area contributed by atoms with E-state index in [0.29, 0.717) is 13.0 Å². The number of hydrogen-bond acceptors (Lipinski definition) is 3. The van der Waals surface area contributed by atoms with E-state index in [1.165, 1.54) is 5.56 Å². The van der Waals surface area contributed by atoms with Crippen molar-refractivity contribution < 1.29 is 9.84 Å². The number of aliphatic hydroxyl groups is 1. The number of hydrogen-bond donors (Lipinski definition) is 1. The largest absolute Gasteiger partial charge is 0.493 e. The van der Waals surface area contributed by atoms with Gasteiger partial charge in [0.2, 0.25) is 0 Å². The molecule has 18 heavy (non-hydrogen) atoms. The van der Waals surface area contributed by atoms with Crippen LogP contribution >= 0.6 is 0 Å². The molecule has 0 spiro atoms. The second-order valence-electron chi connectivity index (χ2n) is 4.35. The Morgan fingerprint density at radius 1 is 1.39 bits per heavy atom. The quantitative estimate of drug-likeness (QED) is 0.880. The average molecular weight is 246 g/mol. The van der Waals surface area contributed by atoms with Crippen molar-refractivity contribution in [3.05, 3.63) is 47.8 Å². The van der Waals surface area contributed by atoms with Crippen LogP contribution in [-0.2, 0) is 7.05 Å². The fraction of sp³-hybridized carbons (Fsp3) is 0.357. The molecule has 0 amide bonds. The molecule has 4 heteroatoms. The molecule has 1 aromatic carbocycles. The second kappa shape index (κ2) is 5.69. The molecule has 1 atom stereocenters. The van der Waals surface area contributed by atoms with Crippen LogP contribution in [0.1, 0.15) is 23.8 Å². The van der Waals surface area contributed by atoms with Crippen molar-refractivity contribution in [1.82, 2.24) is 9.78 Å². The van der Waals surface area contributed by atoms with Gasteiger partial charge in [0, 0.05) is 19.7 Å². The van der Waals surface area contributed by atoms with E-state index in [2.05, 4.69) is 5.10 Å². The van der Waals surface area contributed by atoms with Crippen molar-refractivity contribution in [3.8, 4) is 5.75 Å². The van der Waals surface area contributed by atoms with E-state index in [-0.39, 0.29) is 0 Å². The molecule has 0 radical (unpaired) electrons. The molecule has 0 saturated heterocycles. The zero-order chi connectivity index (χ0) is 13.0. The van der Waals surface area contributed by atoms with E-state index in [0.717, 1.165) is 11.4 Å². The van der Waals surface area contributed by atoms with Gasteiger partial charge in [0.05, 0.1) is 18.4 Å². The first kappa shape index (κ1) is 12.6.